The first-order chi connectivity index (χ1) is 12.8. The summed E-state index contributed by atoms with van der Waals surface area (Å²) in [6.07, 6.45) is 0.498. The van der Waals surface area contributed by atoms with Crippen LogP contribution in [-0.2, 0) is 19.2 Å². The van der Waals surface area contributed by atoms with Crippen LogP contribution in [-0.4, -0.2) is 59.7 Å². The highest BCUT2D eigenvalue weighted by molar-refractivity contribution is 6.45. The summed E-state index contributed by atoms with van der Waals surface area (Å²) in [6.45, 7) is 2.59. The third-order valence-electron chi connectivity index (χ3n) is 3.68. The second-order valence-corrected chi connectivity index (χ2v) is 5.78. The molecule has 1 aliphatic rings. The lowest BCUT2D eigenvalue weighted by molar-refractivity contribution is -0.143. The van der Waals surface area contributed by atoms with Gasteiger partial charge in [0.05, 0.1) is 12.8 Å². The molecule has 1 aliphatic heterocycles. The molecule has 0 unspecified atom stereocenters. The molecule has 1 aromatic rings. The molecule has 0 saturated carbocycles. The highest BCUT2D eigenvalue weighted by atomic mass is 16.5. The van der Waals surface area contributed by atoms with Crippen LogP contribution in [0.4, 0.5) is 16.2 Å². The van der Waals surface area contributed by atoms with Gasteiger partial charge in [-0.1, -0.05) is 6.92 Å². The number of imide groups is 2. The molecule has 10 nitrogen and oxygen atoms in total. The van der Waals surface area contributed by atoms with Gasteiger partial charge in [-0.2, -0.15) is 0 Å². The van der Waals surface area contributed by atoms with Gasteiger partial charge in [-0.05, 0) is 24.6 Å². The molecule has 0 atom stereocenters. The van der Waals surface area contributed by atoms with E-state index in [0.29, 0.717) is 22.8 Å². The first-order valence-corrected chi connectivity index (χ1v) is 8.21. The molecule has 2 rings (SSSR count). The van der Waals surface area contributed by atoms with E-state index in [1.165, 1.54) is 20.1 Å². The number of anilines is 2. The number of amides is 6. The number of urea groups is 1. The fourth-order valence-corrected chi connectivity index (χ4v) is 2.53. The zero-order valence-corrected chi connectivity index (χ0v) is 15.2. The van der Waals surface area contributed by atoms with E-state index in [9.17, 15) is 24.0 Å². The van der Waals surface area contributed by atoms with Gasteiger partial charge < -0.3 is 15.4 Å². The van der Waals surface area contributed by atoms with E-state index in [0.717, 1.165) is 4.90 Å². The summed E-state index contributed by atoms with van der Waals surface area (Å²) >= 11 is 0. The van der Waals surface area contributed by atoms with Crippen molar-refractivity contribution in [1.29, 1.82) is 0 Å². The number of hydrogen-bond acceptors (Lipinski definition) is 6. The monoisotopic (exact) mass is 376 g/mol. The Bertz CT molecular complexity index is 807. The van der Waals surface area contributed by atoms with Crippen LogP contribution in [0.3, 0.4) is 0 Å². The maximum Gasteiger partial charge on any atom is 0.334 e. The molecule has 1 aromatic carbocycles. The first-order valence-electron chi connectivity index (χ1n) is 8.21. The second-order valence-electron chi connectivity index (χ2n) is 5.78. The lowest BCUT2D eigenvalue weighted by Crippen LogP contribution is -2.39. The number of ether oxygens (including phenoxy) is 1. The predicted octanol–water partition coefficient (Wildman–Crippen LogP) is 0.793. The molecule has 6 amide bonds. The fourth-order valence-electron chi connectivity index (χ4n) is 2.53. The summed E-state index contributed by atoms with van der Waals surface area (Å²) < 4.78 is 5.15. The molecule has 0 spiro atoms. The Morgan fingerprint density at radius 2 is 1.74 bits per heavy atom. The van der Waals surface area contributed by atoms with Gasteiger partial charge in [-0.25, -0.2) is 9.69 Å². The Balaban J connectivity index is 2.13. The van der Waals surface area contributed by atoms with E-state index in [1.54, 1.807) is 19.1 Å². The average molecular weight is 376 g/mol. The van der Waals surface area contributed by atoms with Crippen molar-refractivity contribution in [2.75, 3.05) is 30.8 Å². The number of carbonyl (C=O) groups excluding carboxylic acids is 5. The molecule has 0 radical (unpaired) electrons. The lowest BCUT2D eigenvalue weighted by atomic mass is 10.2. The zero-order valence-electron chi connectivity index (χ0n) is 15.2. The molecule has 0 aliphatic carbocycles. The third kappa shape index (κ3) is 4.40. The Kier molecular flexibility index (Phi) is 6.11. The van der Waals surface area contributed by atoms with Crippen LogP contribution in [0.15, 0.2) is 18.2 Å². The minimum atomic E-state index is -1.04. The Labute approximate surface area is 155 Å². The average Bonchev–Trinajstić information content (AvgIpc) is 2.80. The van der Waals surface area contributed by atoms with Crippen molar-refractivity contribution in [1.82, 2.24) is 9.80 Å². The van der Waals surface area contributed by atoms with E-state index < -0.39 is 30.3 Å². The minimum Gasteiger partial charge on any atom is -0.495 e. The van der Waals surface area contributed by atoms with E-state index >= 15 is 0 Å². The van der Waals surface area contributed by atoms with Gasteiger partial charge in [0.15, 0.2) is 0 Å². The quantitative estimate of drug-likeness (QED) is 0.535. The zero-order chi connectivity index (χ0) is 20.1. The molecule has 2 N–H and O–H groups in total. The number of benzene rings is 1. The molecule has 0 bridgehead atoms. The number of carbonyl (C=O) groups is 5. The van der Waals surface area contributed by atoms with Crippen LogP contribution in [0.2, 0.25) is 0 Å². The van der Waals surface area contributed by atoms with Crippen molar-refractivity contribution in [3.05, 3.63) is 18.2 Å². The normalized spacial score (nSPS) is 13.8. The van der Waals surface area contributed by atoms with Crippen LogP contribution in [0.5, 0.6) is 5.75 Å². The van der Waals surface area contributed by atoms with Crippen LogP contribution in [0, 0.1) is 0 Å². The van der Waals surface area contributed by atoms with Crippen molar-refractivity contribution in [2.45, 2.75) is 20.3 Å². The van der Waals surface area contributed by atoms with Crippen molar-refractivity contribution in [2.24, 2.45) is 0 Å². The van der Waals surface area contributed by atoms with E-state index in [4.69, 9.17) is 4.74 Å². The Hall–Kier alpha value is -3.43. The third-order valence-corrected chi connectivity index (χ3v) is 3.68. The summed E-state index contributed by atoms with van der Waals surface area (Å²) in [4.78, 5) is 60.8. The van der Waals surface area contributed by atoms with Crippen molar-refractivity contribution >= 4 is 41.0 Å². The van der Waals surface area contributed by atoms with Gasteiger partial charge in [-0.15, -0.1) is 0 Å². The smallest absolute Gasteiger partial charge is 0.334 e. The second kappa shape index (κ2) is 8.30. The van der Waals surface area contributed by atoms with E-state index in [-0.39, 0.29) is 18.1 Å². The standard InChI is InChI=1S/C17H20N4O6/c1-4-7-20-15(24)16(25)21(17(20)26)9-14(23)19-12-8-11(18-10(2)22)5-6-13(12)27-3/h5-6,8H,4,7,9H2,1-3H3,(H,18,22)(H,19,23). The highest BCUT2D eigenvalue weighted by Crippen LogP contribution is 2.28. The molecule has 1 fully saturated rings. The predicted molar refractivity (Wildman–Crippen MR) is 95.0 cm³/mol. The van der Waals surface area contributed by atoms with Gasteiger partial charge in [0.2, 0.25) is 11.8 Å². The number of nitrogens with one attached hydrogen (secondary N) is 2. The molecule has 144 valence electrons. The fraction of sp³-hybridized carbons (Fsp3) is 0.353. The van der Waals surface area contributed by atoms with Crippen LogP contribution < -0.4 is 15.4 Å². The Morgan fingerprint density at radius 3 is 2.33 bits per heavy atom. The summed E-state index contributed by atoms with van der Waals surface area (Å²) in [6, 6.07) is 3.78. The molecular weight excluding hydrogens is 356 g/mol. The van der Waals surface area contributed by atoms with Crippen LogP contribution >= 0.6 is 0 Å². The number of nitrogens with zero attached hydrogens (tertiary/aromatic N) is 2. The minimum absolute atomic E-state index is 0.105. The van der Waals surface area contributed by atoms with Gasteiger partial charge in [0.25, 0.3) is 0 Å². The maximum absolute atomic E-state index is 12.3. The summed E-state index contributed by atoms with van der Waals surface area (Å²) in [5.74, 6) is -2.65. The number of rotatable bonds is 7. The van der Waals surface area contributed by atoms with E-state index in [2.05, 4.69) is 10.6 Å². The SMILES string of the molecule is CCCN1C(=O)C(=O)N(CC(=O)Nc2cc(NC(C)=O)ccc2OC)C1=O. The molecular formula is C17H20N4O6. The molecule has 0 aromatic heterocycles. The van der Waals surface area contributed by atoms with Crippen molar-refractivity contribution in [3.8, 4) is 5.75 Å². The summed E-state index contributed by atoms with van der Waals surface area (Å²) in [7, 11) is 1.40. The Morgan fingerprint density at radius 1 is 1.07 bits per heavy atom. The van der Waals surface area contributed by atoms with E-state index in [1.807, 2.05) is 0 Å². The van der Waals surface area contributed by atoms with Crippen molar-refractivity contribution < 1.29 is 28.7 Å². The maximum atomic E-state index is 12.3. The lowest BCUT2D eigenvalue weighted by Gasteiger charge is -2.16. The number of methoxy groups -OCH3 is 1. The largest absolute Gasteiger partial charge is 0.495 e. The highest BCUT2D eigenvalue weighted by Gasteiger charge is 2.44. The summed E-state index contributed by atoms with van der Waals surface area (Å²) in [5.41, 5.74) is 0.667. The number of hydrogen-bond donors (Lipinski definition) is 2. The first kappa shape index (κ1) is 19.9. The van der Waals surface area contributed by atoms with Gasteiger partial charge in [0.1, 0.15) is 12.3 Å². The molecule has 1 heterocycles. The van der Waals surface area contributed by atoms with Gasteiger partial charge >= 0.3 is 17.8 Å². The van der Waals surface area contributed by atoms with Gasteiger partial charge in [-0.3, -0.25) is 24.1 Å². The van der Waals surface area contributed by atoms with Gasteiger partial charge in [0, 0.05) is 19.2 Å². The molecule has 10 heteroatoms. The molecule has 1 saturated heterocycles. The molecule has 27 heavy (non-hydrogen) atoms. The summed E-state index contributed by atoms with van der Waals surface area (Å²) in [5, 5.41) is 5.08. The van der Waals surface area contributed by atoms with Crippen LogP contribution in [0.1, 0.15) is 20.3 Å². The van der Waals surface area contributed by atoms with Crippen molar-refractivity contribution in [3.63, 3.8) is 0 Å². The topological polar surface area (TPSA) is 125 Å². The van der Waals surface area contributed by atoms with Crippen LogP contribution in [0.25, 0.3) is 0 Å².